The van der Waals surface area contributed by atoms with Gasteiger partial charge in [0.25, 0.3) is 0 Å². The predicted octanol–water partition coefficient (Wildman–Crippen LogP) is 2.86. The second-order valence-corrected chi connectivity index (χ2v) is 5.33. The van der Waals surface area contributed by atoms with E-state index in [1.165, 1.54) is 0 Å². The van der Waals surface area contributed by atoms with Crippen LogP contribution in [-0.2, 0) is 0 Å². The minimum absolute atomic E-state index is 0.0247. The zero-order valence-electron chi connectivity index (χ0n) is 12.0. The van der Waals surface area contributed by atoms with Gasteiger partial charge in [0.05, 0.1) is 21.3 Å². The van der Waals surface area contributed by atoms with Crippen LogP contribution in [0.4, 0.5) is 0 Å². The van der Waals surface area contributed by atoms with Gasteiger partial charge in [-0.05, 0) is 19.1 Å². The monoisotopic (exact) mass is 294 g/mol. The van der Waals surface area contributed by atoms with E-state index in [-0.39, 0.29) is 6.04 Å². The molecule has 108 valence electrons. The van der Waals surface area contributed by atoms with Crippen molar-refractivity contribution >= 4 is 11.3 Å². The van der Waals surface area contributed by atoms with Crippen molar-refractivity contribution in [2.45, 2.75) is 13.0 Å². The van der Waals surface area contributed by atoms with Crippen LogP contribution in [0.2, 0.25) is 0 Å². The first-order valence-corrected chi connectivity index (χ1v) is 6.94. The van der Waals surface area contributed by atoms with Crippen LogP contribution in [0.5, 0.6) is 17.2 Å². The summed E-state index contributed by atoms with van der Waals surface area (Å²) >= 11 is 1.56. The zero-order chi connectivity index (χ0) is 14.7. The molecule has 1 atom stereocenters. The van der Waals surface area contributed by atoms with E-state index in [0.29, 0.717) is 17.2 Å². The van der Waals surface area contributed by atoms with Gasteiger partial charge in [0.1, 0.15) is 5.01 Å². The number of thiazole rings is 1. The van der Waals surface area contributed by atoms with Gasteiger partial charge in [0.2, 0.25) is 5.75 Å². The molecule has 0 saturated carbocycles. The number of rotatable bonds is 5. The molecule has 0 saturated heterocycles. The van der Waals surface area contributed by atoms with Crippen LogP contribution in [0, 0.1) is 0 Å². The minimum atomic E-state index is -0.0247. The molecule has 0 fully saturated rings. The predicted molar refractivity (Wildman–Crippen MR) is 79.8 cm³/mol. The molecular formula is C14H18N2O3S. The van der Waals surface area contributed by atoms with E-state index in [2.05, 4.69) is 4.98 Å². The van der Waals surface area contributed by atoms with Gasteiger partial charge in [-0.3, -0.25) is 0 Å². The lowest BCUT2D eigenvalue weighted by atomic mass is 10.2. The molecule has 0 aliphatic rings. The average molecular weight is 294 g/mol. The molecule has 0 aliphatic carbocycles. The Bertz CT molecular complexity index is 571. The molecule has 5 nitrogen and oxygen atoms in total. The smallest absolute Gasteiger partial charge is 0.203 e. The van der Waals surface area contributed by atoms with Crippen molar-refractivity contribution in [1.82, 2.24) is 4.98 Å². The second kappa shape index (κ2) is 6.11. The number of benzene rings is 1. The van der Waals surface area contributed by atoms with Crippen molar-refractivity contribution < 1.29 is 14.2 Å². The Morgan fingerprint density at radius 3 is 2.10 bits per heavy atom. The summed E-state index contributed by atoms with van der Waals surface area (Å²) in [5.41, 5.74) is 6.78. The van der Waals surface area contributed by atoms with Gasteiger partial charge < -0.3 is 19.9 Å². The summed E-state index contributed by atoms with van der Waals surface area (Å²) in [7, 11) is 4.77. The number of hydrogen-bond acceptors (Lipinski definition) is 6. The van der Waals surface area contributed by atoms with E-state index >= 15 is 0 Å². The Kier molecular flexibility index (Phi) is 4.46. The quantitative estimate of drug-likeness (QED) is 0.918. The van der Waals surface area contributed by atoms with Gasteiger partial charge >= 0.3 is 0 Å². The summed E-state index contributed by atoms with van der Waals surface area (Å²) in [5, 5.41) is 0.872. The fourth-order valence-corrected chi connectivity index (χ4v) is 2.69. The molecule has 0 bridgehead atoms. The van der Waals surface area contributed by atoms with E-state index in [1.807, 2.05) is 19.1 Å². The summed E-state index contributed by atoms with van der Waals surface area (Å²) in [6.45, 7) is 1.94. The molecule has 6 heteroatoms. The van der Waals surface area contributed by atoms with E-state index in [1.54, 1.807) is 38.9 Å². The molecule has 0 amide bonds. The van der Waals surface area contributed by atoms with Crippen LogP contribution in [0.25, 0.3) is 10.6 Å². The van der Waals surface area contributed by atoms with Crippen LogP contribution in [0.15, 0.2) is 18.3 Å². The topological polar surface area (TPSA) is 66.6 Å². The number of nitrogens with two attached hydrogens (primary N) is 1. The Hall–Kier alpha value is -1.79. The van der Waals surface area contributed by atoms with Crippen LogP contribution < -0.4 is 19.9 Å². The van der Waals surface area contributed by atoms with Crippen molar-refractivity contribution in [1.29, 1.82) is 0 Å². The largest absolute Gasteiger partial charge is 0.493 e. The van der Waals surface area contributed by atoms with Gasteiger partial charge in [-0.1, -0.05) is 0 Å². The summed E-state index contributed by atoms with van der Waals surface area (Å²) < 4.78 is 16.0. The molecular weight excluding hydrogens is 276 g/mol. The fourth-order valence-electron chi connectivity index (χ4n) is 1.84. The minimum Gasteiger partial charge on any atom is -0.493 e. The van der Waals surface area contributed by atoms with Crippen LogP contribution in [0.1, 0.15) is 17.8 Å². The maximum atomic E-state index is 5.86. The summed E-state index contributed by atoms with van der Waals surface area (Å²) in [6, 6.07) is 3.74. The third kappa shape index (κ3) is 2.71. The van der Waals surface area contributed by atoms with Crippen LogP contribution in [0.3, 0.4) is 0 Å². The number of hydrogen-bond donors (Lipinski definition) is 1. The van der Waals surface area contributed by atoms with E-state index < -0.39 is 0 Å². The molecule has 0 radical (unpaired) electrons. The number of ether oxygens (including phenoxy) is 3. The zero-order valence-corrected chi connectivity index (χ0v) is 12.8. The fraction of sp³-hybridized carbons (Fsp3) is 0.357. The maximum absolute atomic E-state index is 5.86. The van der Waals surface area contributed by atoms with E-state index in [0.717, 1.165) is 15.4 Å². The highest BCUT2D eigenvalue weighted by molar-refractivity contribution is 7.15. The molecule has 0 spiro atoms. The molecule has 2 N–H and O–H groups in total. The molecule has 20 heavy (non-hydrogen) atoms. The summed E-state index contributed by atoms with van der Waals surface area (Å²) in [6.07, 6.45) is 1.80. The van der Waals surface area contributed by atoms with Crippen molar-refractivity contribution in [2.75, 3.05) is 21.3 Å². The number of methoxy groups -OCH3 is 3. The lowest BCUT2D eigenvalue weighted by Crippen LogP contribution is -2.01. The molecule has 0 aliphatic heterocycles. The van der Waals surface area contributed by atoms with Gasteiger partial charge in [-0.2, -0.15) is 0 Å². The number of aromatic nitrogens is 1. The molecule has 2 aromatic rings. The van der Waals surface area contributed by atoms with Crippen molar-refractivity contribution in [3.63, 3.8) is 0 Å². The molecule has 1 unspecified atom stereocenters. The number of nitrogens with zero attached hydrogens (tertiary/aromatic N) is 1. The normalized spacial score (nSPS) is 12.1. The molecule has 1 heterocycles. The van der Waals surface area contributed by atoms with E-state index in [9.17, 15) is 0 Å². The van der Waals surface area contributed by atoms with Crippen molar-refractivity contribution in [2.24, 2.45) is 5.73 Å². The molecule has 2 rings (SSSR count). The Balaban J connectivity index is 2.50. The first-order valence-electron chi connectivity index (χ1n) is 6.12. The first kappa shape index (κ1) is 14.6. The van der Waals surface area contributed by atoms with Crippen LogP contribution in [-0.4, -0.2) is 26.3 Å². The van der Waals surface area contributed by atoms with Crippen LogP contribution >= 0.6 is 11.3 Å². The highest BCUT2D eigenvalue weighted by Gasteiger charge is 2.16. The van der Waals surface area contributed by atoms with Crippen molar-refractivity contribution in [3.8, 4) is 27.8 Å². The van der Waals surface area contributed by atoms with Gasteiger partial charge in [0.15, 0.2) is 11.5 Å². The Morgan fingerprint density at radius 2 is 1.70 bits per heavy atom. The summed E-state index contributed by atoms with van der Waals surface area (Å²) in [5.74, 6) is 1.79. The van der Waals surface area contributed by atoms with Gasteiger partial charge in [-0.25, -0.2) is 4.98 Å². The molecule has 1 aromatic heterocycles. The van der Waals surface area contributed by atoms with Gasteiger partial charge in [0, 0.05) is 22.7 Å². The Morgan fingerprint density at radius 1 is 1.10 bits per heavy atom. The highest BCUT2D eigenvalue weighted by atomic mass is 32.1. The standard InChI is InChI=1S/C14H18N2O3S/c1-8(15)12-7-16-14(20-12)9-5-10(17-2)13(19-4)11(6-9)18-3/h5-8H,15H2,1-4H3. The maximum Gasteiger partial charge on any atom is 0.203 e. The lowest BCUT2D eigenvalue weighted by Gasteiger charge is -2.13. The SMILES string of the molecule is COc1cc(-c2ncc(C(C)N)s2)cc(OC)c1OC. The summed E-state index contributed by atoms with van der Waals surface area (Å²) in [4.78, 5) is 5.44. The average Bonchev–Trinajstić information content (AvgIpc) is 2.95. The Labute approximate surface area is 122 Å². The second-order valence-electron chi connectivity index (χ2n) is 4.27. The van der Waals surface area contributed by atoms with Crippen molar-refractivity contribution in [3.05, 3.63) is 23.2 Å². The van der Waals surface area contributed by atoms with Gasteiger partial charge in [-0.15, -0.1) is 11.3 Å². The van der Waals surface area contributed by atoms with E-state index in [4.69, 9.17) is 19.9 Å². The third-order valence-corrected chi connectivity index (χ3v) is 4.13. The lowest BCUT2D eigenvalue weighted by molar-refractivity contribution is 0.324. The highest BCUT2D eigenvalue weighted by Crippen LogP contribution is 2.42. The first-order chi connectivity index (χ1) is 9.60. The third-order valence-electron chi connectivity index (χ3n) is 2.88. The molecule has 1 aromatic carbocycles.